The summed E-state index contributed by atoms with van der Waals surface area (Å²) >= 11 is 0. The summed E-state index contributed by atoms with van der Waals surface area (Å²) in [5.74, 6) is 2.44. The van der Waals surface area contributed by atoms with Crippen LogP contribution >= 0.6 is 0 Å². The number of aromatic nitrogens is 4. The standard InChI is InChI=1S/C29H26N4O3/c1-34-21-13-6-9-17-25-23(36-3)15-33-19(27(25)32-26(17)21)11-7-12-20(33)28-29-24(22(35-2)14-30-28)16-8-4-5-10-18(16)31-29/h4-6,8-10,13-15,20H,7,11-12H2,1-3H3,(H,30,31)/p+1/t20-/m1/s1. The van der Waals surface area contributed by atoms with Gasteiger partial charge in [-0.2, -0.15) is 4.57 Å². The number of H-pyrrole nitrogens is 2. The molecule has 1 aliphatic rings. The summed E-state index contributed by atoms with van der Waals surface area (Å²) in [4.78, 5) is 12.3. The van der Waals surface area contributed by atoms with Crippen molar-refractivity contribution in [1.29, 1.82) is 0 Å². The van der Waals surface area contributed by atoms with Gasteiger partial charge in [-0.25, -0.2) is 4.98 Å². The summed E-state index contributed by atoms with van der Waals surface area (Å²) in [6.45, 7) is 0. The lowest BCUT2D eigenvalue weighted by atomic mass is 9.95. The minimum Gasteiger partial charge on any atom is -0.495 e. The van der Waals surface area contributed by atoms with Gasteiger partial charge in [0.1, 0.15) is 22.7 Å². The topological polar surface area (TPSA) is 76.0 Å². The zero-order valence-electron chi connectivity index (χ0n) is 20.5. The molecule has 0 bridgehead atoms. The van der Waals surface area contributed by atoms with Gasteiger partial charge in [0, 0.05) is 29.1 Å². The third kappa shape index (κ3) is 2.80. The van der Waals surface area contributed by atoms with E-state index in [4.69, 9.17) is 19.2 Å². The van der Waals surface area contributed by atoms with E-state index in [2.05, 4.69) is 45.0 Å². The minimum absolute atomic E-state index is 0.0572. The summed E-state index contributed by atoms with van der Waals surface area (Å²) in [5, 5.41) is 4.42. The van der Waals surface area contributed by atoms with Crippen LogP contribution in [-0.4, -0.2) is 36.3 Å². The summed E-state index contributed by atoms with van der Waals surface area (Å²) < 4.78 is 19.7. The van der Waals surface area contributed by atoms with Crippen LogP contribution in [0.15, 0.2) is 54.9 Å². The van der Waals surface area contributed by atoms with Crippen LogP contribution in [0.3, 0.4) is 0 Å². The molecule has 0 aliphatic carbocycles. The fraction of sp³-hybridized carbons (Fsp3) is 0.241. The van der Waals surface area contributed by atoms with Gasteiger partial charge in [-0.3, -0.25) is 0 Å². The maximum Gasteiger partial charge on any atom is 0.212 e. The molecule has 0 unspecified atom stereocenters. The number of nitrogens with zero attached hydrogens (tertiary/aromatic N) is 2. The first-order valence-corrected chi connectivity index (χ1v) is 12.3. The molecule has 1 aliphatic heterocycles. The first kappa shape index (κ1) is 21.1. The number of pyridine rings is 2. The Hall–Kier alpha value is -4.26. The zero-order chi connectivity index (χ0) is 24.4. The smallest absolute Gasteiger partial charge is 0.212 e. The van der Waals surface area contributed by atoms with E-state index in [9.17, 15) is 0 Å². The molecule has 2 N–H and O–H groups in total. The van der Waals surface area contributed by atoms with Crippen LogP contribution in [0, 0.1) is 0 Å². The van der Waals surface area contributed by atoms with Gasteiger partial charge in [-0.15, -0.1) is 0 Å². The number of aryl methyl sites for hydroxylation is 1. The highest BCUT2D eigenvalue weighted by Gasteiger charge is 2.36. The Bertz CT molecular complexity index is 1800. The number of benzene rings is 2. The number of hydrogen-bond acceptors (Lipinski definition) is 4. The van der Waals surface area contributed by atoms with Crippen LogP contribution in [0.1, 0.15) is 30.3 Å². The lowest BCUT2D eigenvalue weighted by molar-refractivity contribution is -0.725. The lowest BCUT2D eigenvalue weighted by Gasteiger charge is -2.21. The van der Waals surface area contributed by atoms with Crippen molar-refractivity contribution in [2.45, 2.75) is 25.3 Å². The first-order chi connectivity index (χ1) is 17.7. The second-order valence-electron chi connectivity index (χ2n) is 9.35. The van der Waals surface area contributed by atoms with Crippen molar-refractivity contribution >= 4 is 43.6 Å². The van der Waals surface area contributed by atoms with Gasteiger partial charge in [0.25, 0.3) is 0 Å². The van der Waals surface area contributed by atoms with E-state index in [-0.39, 0.29) is 6.04 Å². The maximum absolute atomic E-state index is 5.96. The monoisotopic (exact) mass is 479 g/mol. The van der Waals surface area contributed by atoms with E-state index >= 15 is 0 Å². The van der Waals surface area contributed by atoms with Crippen LogP contribution in [-0.2, 0) is 6.42 Å². The molecule has 6 aromatic rings. The van der Waals surface area contributed by atoms with Crippen molar-refractivity contribution in [2.24, 2.45) is 0 Å². The summed E-state index contributed by atoms with van der Waals surface area (Å²) in [6, 6.07) is 14.5. The third-order valence-corrected chi connectivity index (χ3v) is 7.63. The highest BCUT2D eigenvalue weighted by molar-refractivity contribution is 6.13. The van der Waals surface area contributed by atoms with Crippen molar-refractivity contribution in [2.75, 3.05) is 21.3 Å². The average molecular weight is 480 g/mol. The van der Waals surface area contributed by atoms with Crippen molar-refractivity contribution in [3.63, 3.8) is 0 Å². The number of ether oxygens (including phenoxy) is 3. The number of nitrogens with one attached hydrogen (secondary N) is 2. The SMILES string of the molecule is COc1cccc2c1[nH]c1c3[n+](cc(OC)c12)[C@@H](c1ncc(OC)c2c1[nH]c1ccccc12)CCC3. The van der Waals surface area contributed by atoms with E-state index in [1.165, 1.54) is 5.69 Å². The molecule has 36 heavy (non-hydrogen) atoms. The summed E-state index contributed by atoms with van der Waals surface area (Å²) in [6.07, 6.45) is 7.02. The van der Waals surface area contributed by atoms with E-state index in [1.54, 1.807) is 21.3 Å². The minimum atomic E-state index is 0.0572. The van der Waals surface area contributed by atoms with Gasteiger partial charge < -0.3 is 24.2 Å². The highest BCUT2D eigenvalue weighted by Crippen LogP contribution is 2.41. The van der Waals surface area contributed by atoms with Crippen LogP contribution in [0.2, 0.25) is 0 Å². The maximum atomic E-state index is 5.96. The molecule has 180 valence electrons. The van der Waals surface area contributed by atoms with Crippen LogP contribution in [0.5, 0.6) is 17.2 Å². The first-order valence-electron chi connectivity index (χ1n) is 12.3. The molecule has 0 saturated heterocycles. The average Bonchev–Trinajstić information content (AvgIpc) is 3.51. The number of methoxy groups -OCH3 is 3. The molecule has 1 atom stereocenters. The molecule has 0 radical (unpaired) electrons. The van der Waals surface area contributed by atoms with E-state index in [1.807, 2.05) is 24.4 Å². The third-order valence-electron chi connectivity index (χ3n) is 7.63. The number of hydrogen-bond donors (Lipinski definition) is 2. The number of rotatable bonds is 4. The van der Waals surface area contributed by atoms with E-state index in [0.717, 1.165) is 85.8 Å². The number of para-hydroxylation sites is 2. The Kier molecular flexibility index (Phi) is 4.61. The predicted octanol–water partition coefficient (Wildman–Crippen LogP) is 5.59. The lowest BCUT2D eigenvalue weighted by Crippen LogP contribution is -2.47. The molecule has 7 heteroatoms. The van der Waals surface area contributed by atoms with Crippen molar-refractivity contribution in [3.8, 4) is 17.2 Å². The van der Waals surface area contributed by atoms with E-state index < -0.39 is 0 Å². The second-order valence-corrected chi connectivity index (χ2v) is 9.35. The second kappa shape index (κ2) is 7.88. The molecule has 4 aromatic heterocycles. The molecule has 2 aromatic carbocycles. The van der Waals surface area contributed by atoms with Gasteiger partial charge in [0.15, 0.2) is 5.75 Å². The molecule has 0 fully saturated rings. The Morgan fingerprint density at radius 1 is 0.806 bits per heavy atom. The Morgan fingerprint density at radius 3 is 2.42 bits per heavy atom. The van der Waals surface area contributed by atoms with Gasteiger partial charge >= 0.3 is 0 Å². The van der Waals surface area contributed by atoms with Crippen LogP contribution < -0.4 is 18.8 Å². The number of aromatic amines is 2. The molecule has 7 nitrogen and oxygen atoms in total. The molecular weight excluding hydrogens is 452 g/mol. The van der Waals surface area contributed by atoms with Crippen LogP contribution in [0.25, 0.3) is 43.6 Å². The number of fused-ring (bicyclic) bond motifs is 8. The predicted molar refractivity (Wildman–Crippen MR) is 140 cm³/mol. The molecule has 0 saturated carbocycles. The summed E-state index contributed by atoms with van der Waals surface area (Å²) in [5.41, 5.74) is 6.46. The van der Waals surface area contributed by atoms with E-state index in [0.29, 0.717) is 0 Å². The van der Waals surface area contributed by atoms with Crippen molar-refractivity contribution in [1.82, 2.24) is 15.0 Å². The molecule has 5 heterocycles. The van der Waals surface area contributed by atoms with Gasteiger partial charge in [-0.05, 0) is 18.6 Å². The molecule has 0 spiro atoms. The fourth-order valence-corrected chi connectivity index (χ4v) is 6.04. The van der Waals surface area contributed by atoms with Gasteiger partial charge in [-0.1, -0.05) is 30.3 Å². The molecular formula is C29H27N4O3+. The quantitative estimate of drug-likeness (QED) is 0.323. The largest absolute Gasteiger partial charge is 0.495 e. The van der Waals surface area contributed by atoms with Gasteiger partial charge in [0.05, 0.1) is 49.3 Å². The van der Waals surface area contributed by atoms with Crippen molar-refractivity contribution < 1.29 is 18.8 Å². The zero-order valence-corrected chi connectivity index (χ0v) is 20.5. The highest BCUT2D eigenvalue weighted by atomic mass is 16.5. The van der Waals surface area contributed by atoms with Crippen molar-refractivity contribution in [3.05, 3.63) is 66.2 Å². The normalized spacial score (nSPS) is 15.6. The fourth-order valence-electron chi connectivity index (χ4n) is 6.04. The van der Waals surface area contributed by atoms with Gasteiger partial charge in [0.2, 0.25) is 17.9 Å². The van der Waals surface area contributed by atoms with Crippen LogP contribution in [0.4, 0.5) is 0 Å². The molecule has 0 amide bonds. The summed E-state index contributed by atoms with van der Waals surface area (Å²) in [7, 11) is 5.15. The Labute approximate surface area is 207 Å². The Balaban J connectivity index is 1.52. The Morgan fingerprint density at radius 2 is 1.58 bits per heavy atom. The molecule has 7 rings (SSSR count).